The van der Waals surface area contributed by atoms with Crippen molar-refractivity contribution < 1.29 is 18.3 Å². The lowest BCUT2D eigenvalue weighted by Crippen LogP contribution is -2.30. The third-order valence-corrected chi connectivity index (χ3v) is 3.66. The van der Waals surface area contributed by atoms with Crippen LogP contribution in [0.2, 0.25) is 0 Å². The van der Waals surface area contributed by atoms with Crippen LogP contribution in [0.1, 0.15) is 5.56 Å². The number of alkyl halides is 3. The predicted molar refractivity (Wildman–Crippen MR) is 77.2 cm³/mol. The minimum atomic E-state index is -4.61. The van der Waals surface area contributed by atoms with Crippen LogP contribution in [-0.4, -0.2) is 17.4 Å². The maximum absolute atomic E-state index is 12.7. The molecule has 3 aromatic carbocycles. The van der Waals surface area contributed by atoms with Crippen LogP contribution in [0.4, 0.5) is 13.2 Å². The van der Waals surface area contributed by atoms with Gasteiger partial charge in [0.2, 0.25) is 0 Å². The Morgan fingerprint density at radius 1 is 0.857 bits per heavy atom. The largest absolute Gasteiger partial charge is 0.414 e. The van der Waals surface area contributed by atoms with Crippen LogP contribution in [0.15, 0.2) is 54.6 Å². The first-order valence-electron chi connectivity index (χ1n) is 6.61. The summed E-state index contributed by atoms with van der Waals surface area (Å²) in [6.07, 6.45) is -7.41. The van der Waals surface area contributed by atoms with E-state index in [9.17, 15) is 18.3 Å². The molecule has 1 atom stereocenters. The summed E-state index contributed by atoms with van der Waals surface area (Å²) >= 11 is 0. The summed E-state index contributed by atoms with van der Waals surface area (Å²) < 4.78 is 38.1. The van der Waals surface area contributed by atoms with Gasteiger partial charge in [0, 0.05) is 6.42 Å². The SMILES string of the molecule is OC(Cc1c2ccccc2cc2ccccc12)C(F)(F)F. The average molecular weight is 290 g/mol. The second-order valence-electron chi connectivity index (χ2n) is 5.06. The second-order valence-corrected chi connectivity index (χ2v) is 5.06. The van der Waals surface area contributed by atoms with Crippen LogP contribution >= 0.6 is 0 Å². The van der Waals surface area contributed by atoms with Crippen molar-refractivity contribution in [1.82, 2.24) is 0 Å². The van der Waals surface area contributed by atoms with Crippen molar-refractivity contribution in [1.29, 1.82) is 0 Å². The molecule has 0 aromatic heterocycles. The quantitative estimate of drug-likeness (QED) is 0.691. The van der Waals surface area contributed by atoms with E-state index < -0.39 is 18.7 Å². The summed E-state index contributed by atoms with van der Waals surface area (Å²) in [5.74, 6) is 0. The first-order valence-corrected chi connectivity index (χ1v) is 6.61. The van der Waals surface area contributed by atoms with E-state index in [0.29, 0.717) is 5.56 Å². The van der Waals surface area contributed by atoms with Crippen LogP contribution in [0, 0.1) is 0 Å². The van der Waals surface area contributed by atoms with Gasteiger partial charge in [0.25, 0.3) is 0 Å². The molecule has 0 spiro atoms. The average Bonchev–Trinajstić information content (AvgIpc) is 2.46. The lowest BCUT2D eigenvalue weighted by molar-refractivity contribution is -0.202. The molecular weight excluding hydrogens is 277 g/mol. The van der Waals surface area contributed by atoms with Crippen molar-refractivity contribution >= 4 is 21.5 Å². The topological polar surface area (TPSA) is 20.2 Å². The van der Waals surface area contributed by atoms with Gasteiger partial charge in [0.1, 0.15) is 0 Å². The van der Waals surface area contributed by atoms with E-state index in [2.05, 4.69) is 0 Å². The van der Waals surface area contributed by atoms with Gasteiger partial charge in [-0.15, -0.1) is 0 Å². The number of hydrogen-bond donors (Lipinski definition) is 1. The van der Waals surface area contributed by atoms with E-state index in [1.54, 1.807) is 24.3 Å². The molecule has 0 radical (unpaired) electrons. The Hall–Kier alpha value is -2.07. The van der Waals surface area contributed by atoms with Gasteiger partial charge in [0.15, 0.2) is 6.10 Å². The molecule has 0 saturated carbocycles. The number of halogens is 3. The first kappa shape index (κ1) is 13.9. The van der Waals surface area contributed by atoms with Gasteiger partial charge in [-0.3, -0.25) is 0 Å². The second kappa shape index (κ2) is 5.04. The molecule has 108 valence electrons. The molecule has 1 unspecified atom stereocenters. The van der Waals surface area contributed by atoms with E-state index in [1.807, 2.05) is 30.3 Å². The summed E-state index contributed by atoms with van der Waals surface area (Å²) in [5.41, 5.74) is 0.536. The molecule has 3 rings (SSSR count). The van der Waals surface area contributed by atoms with Crippen molar-refractivity contribution in [3.05, 3.63) is 60.2 Å². The van der Waals surface area contributed by atoms with E-state index in [1.165, 1.54) is 0 Å². The van der Waals surface area contributed by atoms with Crippen molar-refractivity contribution in [2.45, 2.75) is 18.7 Å². The predicted octanol–water partition coefficient (Wildman–Crippen LogP) is 4.46. The van der Waals surface area contributed by atoms with Gasteiger partial charge in [-0.2, -0.15) is 13.2 Å². The zero-order chi connectivity index (χ0) is 15.0. The fourth-order valence-electron chi connectivity index (χ4n) is 2.64. The number of hydrogen-bond acceptors (Lipinski definition) is 1. The smallest absolute Gasteiger partial charge is 0.383 e. The number of aliphatic hydroxyl groups excluding tert-OH is 1. The van der Waals surface area contributed by atoms with E-state index in [0.717, 1.165) is 21.5 Å². The highest BCUT2D eigenvalue weighted by molar-refractivity contribution is 6.02. The Morgan fingerprint density at radius 2 is 1.33 bits per heavy atom. The van der Waals surface area contributed by atoms with E-state index >= 15 is 0 Å². The third-order valence-electron chi connectivity index (χ3n) is 3.66. The van der Waals surface area contributed by atoms with E-state index in [-0.39, 0.29) is 0 Å². The molecule has 21 heavy (non-hydrogen) atoms. The monoisotopic (exact) mass is 290 g/mol. The summed E-state index contributed by atoms with van der Waals surface area (Å²) in [6.45, 7) is 0. The van der Waals surface area contributed by atoms with E-state index in [4.69, 9.17) is 0 Å². The molecule has 0 bridgehead atoms. The number of rotatable bonds is 2. The molecule has 0 amide bonds. The third kappa shape index (κ3) is 2.59. The van der Waals surface area contributed by atoms with Crippen LogP contribution in [0.5, 0.6) is 0 Å². The summed E-state index contributed by atoms with van der Waals surface area (Å²) in [5, 5.41) is 12.7. The molecule has 4 heteroatoms. The lowest BCUT2D eigenvalue weighted by Gasteiger charge is -2.17. The molecule has 0 aliphatic heterocycles. The Balaban J connectivity index is 2.25. The fourth-order valence-corrected chi connectivity index (χ4v) is 2.64. The molecule has 0 saturated heterocycles. The van der Waals surface area contributed by atoms with Crippen molar-refractivity contribution in [3.8, 4) is 0 Å². The number of benzene rings is 3. The van der Waals surface area contributed by atoms with Gasteiger partial charge in [0.05, 0.1) is 0 Å². The molecular formula is C17H13F3O. The maximum Gasteiger partial charge on any atom is 0.414 e. The molecule has 0 heterocycles. The Kier molecular flexibility index (Phi) is 3.33. The Bertz CT molecular complexity index is 739. The fraction of sp³-hybridized carbons (Fsp3) is 0.176. The zero-order valence-electron chi connectivity index (χ0n) is 11.1. The minimum absolute atomic E-state index is 0.439. The molecule has 1 N–H and O–H groups in total. The molecule has 0 aliphatic carbocycles. The van der Waals surface area contributed by atoms with Crippen LogP contribution in [-0.2, 0) is 6.42 Å². The highest BCUT2D eigenvalue weighted by Crippen LogP contribution is 2.32. The number of aliphatic hydroxyl groups is 1. The maximum atomic E-state index is 12.7. The molecule has 1 nitrogen and oxygen atoms in total. The normalized spacial score (nSPS) is 13.7. The summed E-state index contributed by atoms with van der Waals surface area (Å²) in [4.78, 5) is 0. The Morgan fingerprint density at radius 3 is 1.81 bits per heavy atom. The summed E-state index contributed by atoms with van der Waals surface area (Å²) in [7, 11) is 0. The van der Waals surface area contributed by atoms with Crippen LogP contribution in [0.3, 0.4) is 0 Å². The highest BCUT2D eigenvalue weighted by Gasteiger charge is 2.38. The van der Waals surface area contributed by atoms with Gasteiger partial charge in [-0.1, -0.05) is 48.5 Å². The molecule has 0 fully saturated rings. The first-order chi connectivity index (χ1) is 9.97. The van der Waals surface area contributed by atoms with Crippen molar-refractivity contribution in [3.63, 3.8) is 0 Å². The van der Waals surface area contributed by atoms with Gasteiger partial charge in [-0.25, -0.2) is 0 Å². The highest BCUT2D eigenvalue weighted by atomic mass is 19.4. The lowest BCUT2D eigenvalue weighted by atomic mass is 9.93. The Labute approximate surface area is 119 Å². The van der Waals surface area contributed by atoms with Gasteiger partial charge < -0.3 is 5.11 Å². The standard InChI is InChI=1S/C17H13F3O/c18-17(19,20)16(21)10-15-13-7-3-1-5-11(13)9-12-6-2-4-8-14(12)15/h1-9,16,21H,10H2. The number of fused-ring (bicyclic) bond motifs is 2. The molecule has 3 aromatic rings. The van der Waals surface area contributed by atoms with Crippen LogP contribution < -0.4 is 0 Å². The molecule has 0 aliphatic rings. The van der Waals surface area contributed by atoms with Gasteiger partial charge in [-0.05, 0) is 33.2 Å². The van der Waals surface area contributed by atoms with Crippen LogP contribution in [0.25, 0.3) is 21.5 Å². The van der Waals surface area contributed by atoms with Crippen molar-refractivity contribution in [2.75, 3.05) is 0 Å². The summed E-state index contributed by atoms with van der Waals surface area (Å²) in [6, 6.07) is 16.5. The minimum Gasteiger partial charge on any atom is -0.383 e. The zero-order valence-corrected chi connectivity index (χ0v) is 11.1. The van der Waals surface area contributed by atoms with Gasteiger partial charge >= 0.3 is 6.18 Å². The van der Waals surface area contributed by atoms with Crippen molar-refractivity contribution in [2.24, 2.45) is 0 Å².